The number of benzene rings is 3. The molecule has 1 aliphatic heterocycles. The van der Waals surface area contributed by atoms with Gasteiger partial charge in [0.2, 0.25) is 0 Å². The average molecular weight is 530 g/mol. The van der Waals surface area contributed by atoms with Crippen LogP contribution in [0.3, 0.4) is 0 Å². The lowest BCUT2D eigenvalue weighted by atomic mass is 10.0. The van der Waals surface area contributed by atoms with Gasteiger partial charge in [0, 0.05) is 42.9 Å². The van der Waals surface area contributed by atoms with Crippen molar-refractivity contribution in [3.63, 3.8) is 0 Å². The van der Waals surface area contributed by atoms with E-state index in [-0.39, 0.29) is 11.7 Å². The molecule has 0 radical (unpaired) electrons. The molecule has 5 rings (SSSR count). The summed E-state index contributed by atoms with van der Waals surface area (Å²) in [5.74, 6) is 0.515. The summed E-state index contributed by atoms with van der Waals surface area (Å²) in [6.45, 7) is 7.20. The average Bonchev–Trinajstić information content (AvgIpc) is 3.41. The van der Waals surface area contributed by atoms with Crippen molar-refractivity contribution in [2.45, 2.75) is 13.3 Å². The Morgan fingerprint density at radius 1 is 0.947 bits per heavy atom. The fourth-order valence-electron chi connectivity index (χ4n) is 4.54. The highest BCUT2D eigenvalue weighted by atomic mass is 32.1. The molecule has 0 bridgehead atoms. The molecule has 1 amide bonds. The van der Waals surface area contributed by atoms with Gasteiger partial charge in [0.25, 0.3) is 5.91 Å². The first kappa shape index (κ1) is 26.0. The maximum atomic E-state index is 13.8. The Balaban J connectivity index is 1.39. The normalized spacial score (nSPS) is 13.9. The minimum absolute atomic E-state index is 0.0680. The third kappa shape index (κ3) is 5.93. The molecule has 38 heavy (non-hydrogen) atoms. The summed E-state index contributed by atoms with van der Waals surface area (Å²) in [7, 11) is 0. The minimum Gasteiger partial charge on any atom is -0.492 e. The van der Waals surface area contributed by atoms with E-state index in [1.54, 1.807) is 41.3 Å². The quantitative estimate of drug-likeness (QED) is 0.260. The molecule has 8 heteroatoms. The van der Waals surface area contributed by atoms with Crippen LogP contribution in [0, 0.1) is 0 Å². The summed E-state index contributed by atoms with van der Waals surface area (Å²) in [5, 5.41) is 0.642. The van der Waals surface area contributed by atoms with E-state index in [4.69, 9.17) is 14.5 Å². The molecule has 0 saturated carbocycles. The van der Waals surface area contributed by atoms with Gasteiger partial charge in [0.15, 0.2) is 10.9 Å². The van der Waals surface area contributed by atoms with Gasteiger partial charge in [0.1, 0.15) is 11.3 Å². The van der Waals surface area contributed by atoms with E-state index >= 15 is 0 Å². The van der Waals surface area contributed by atoms with Crippen molar-refractivity contribution < 1.29 is 19.1 Å². The number of hydrogen-bond acceptors (Lipinski definition) is 7. The Morgan fingerprint density at radius 3 is 2.39 bits per heavy atom. The molecule has 0 aliphatic carbocycles. The van der Waals surface area contributed by atoms with E-state index in [2.05, 4.69) is 4.90 Å². The zero-order valence-electron chi connectivity index (χ0n) is 21.5. The van der Waals surface area contributed by atoms with Gasteiger partial charge in [-0.05, 0) is 37.6 Å². The topological polar surface area (TPSA) is 72.0 Å². The van der Waals surface area contributed by atoms with Crippen LogP contribution in [0.15, 0.2) is 72.8 Å². The second-order valence-corrected chi connectivity index (χ2v) is 10.1. The zero-order chi connectivity index (χ0) is 26.3. The van der Waals surface area contributed by atoms with Gasteiger partial charge >= 0.3 is 0 Å². The van der Waals surface area contributed by atoms with E-state index in [1.165, 1.54) is 11.3 Å². The number of para-hydroxylation sites is 1. The molecule has 0 spiro atoms. The van der Waals surface area contributed by atoms with E-state index in [1.807, 2.05) is 43.3 Å². The molecule has 196 valence electrons. The van der Waals surface area contributed by atoms with Crippen LogP contribution in [0.4, 0.5) is 5.13 Å². The van der Waals surface area contributed by atoms with Gasteiger partial charge in [-0.3, -0.25) is 19.4 Å². The Kier molecular flexibility index (Phi) is 8.43. The van der Waals surface area contributed by atoms with E-state index < -0.39 is 0 Å². The van der Waals surface area contributed by atoms with E-state index in [9.17, 15) is 9.59 Å². The van der Waals surface area contributed by atoms with Crippen molar-refractivity contribution in [1.82, 2.24) is 9.88 Å². The number of anilines is 1. The molecule has 1 fully saturated rings. The largest absolute Gasteiger partial charge is 0.492 e. The van der Waals surface area contributed by atoms with Crippen LogP contribution in [0.5, 0.6) is 5.75 Å². The first-order valence-corrected chi connectivity index (χ1v) is 13.8. The number of thiazole rings is 1. The number of ether oxygens (including phenoxy) is 2. The highest BCUT2D eigenvalue weighted by Crippen LogP contribution is 2.35. The van der Waals surface area contributed by atoms with Crippen molar-refractivity contribution in [1.29, 1.82) is 0 Å². The number of hydrogen-bond donors (Lipinski definition) is 0. The van der Waals surface area contributed by atoms with Crippen LogP contribution in [0.1, 0.15) is 39.6 Å². The summed E-state index contributed by atoms with van der Waals surface area (Å²) in [5.41, 5.74) is 2.46. The molecular weight excluding hydrogens is 498 g/mol. The Bertz CT molecular complexity index is 1380. The molecule has 0 atom stereocenters. The highest BCUT2D eigenvalue weighted by molar-refractivity contribution is 7.22. The van der Waals surface area contributed by atoms with E-state index in [0.29, 0.717) is 35.0 Å². The number of morpholine rings is 1. The van der Waals surface area contributed by atoms with Crippen LogP contribution >= 0.6 is 11.3 Å². The predicted molar refractivity (Wildman–Crippen MR) is 151 cm³/mol. The Morgan fingerprint density at radius 2 is 1.66 bits per heavy atom. The van der Waals surface area contributed by atoms with Crippen molar-refractivity contribution in [2.75, 3.05) is 50.9 Å². The molecule has 1 saturated heterocycles. The predicted octanol–water partition coefficient (Wildman–Crippen LogP) is 5.30. The number of carbonyl (C=O) groups excluding carboxylic acids is 2. The molecule has 1 aromatic heterocycles. The van der Waals surface area contributed by atoms with Crippen LogP contribution in [0.2, 0.25) is 0 Å². The second kappa shape index (κ2) is 12.3. The van der Waals surface area contributed by atoms with Crippen LogP contribution in [-0.4, -0.2) is 67.6 Å². The third-order valence-corrected chi connectivity index (χ3v) is 7.58. The number of nitrogens with zero attached hydrogens (tertiary/aromatic N) is 3. The highest BCUT2D eigenvalue weighted by Gasteiger charge is 2.23. The number of amides is 1. The maximum Gasteiger partial charge on any atom is 0.260 e. The lowest BCUT2D eigenvalue weighted by molar-refractivity contribution is 0.0376. The molecule has 7 nitrogen and oxygen atoms in total. The van der Waals surface area contributed by atoms with E-state index in [0.717, 1.165) is 55.2 Å². The number of rotatable bonds is 10. The molecule has 3 aromatic carbocycles. The standard InChI is InChI=1S/C30H31N3O4S/c1-2-37-25-10-6-11-26-27(25)31-30(38-26)33(17-7-16-32-18-20-36-21-19-32)29(35)24-14-12-23(13-15-24)28(34)22-8-4-3-5-9-22/h3-6,8-15H,2,7,16-21H2,1H3. The van der Waals surface area contributed by atoms with Crippen molar-refractivity contribution in [3.8, 4) is 5.75 Å². The van der Waals surface area contributed by atoms with Crippen LogP contribution < -0.4 is 9.64 Å². The van der Waals surface area contributed by atoms with Crippen molar-refractivity contribution in [2.24, 2.45) is 0 Å². The molecular formula is C30H31N3O4S. The van der Waals surface area contributed by atoms with Crippen LogP contribution in [0.25, 0.3) is 10.2 Å². The van der Waals surface area contributed by atoms with Gasteiger partial charge in [-0.15, -0.1) is 0 Å². The number of fused-ring (bicyclic) bond motifs is 1. The first-order chi connectivity index (χ1) is 18.6. The third-order valence-electron chi connectivity index (χ3n) is 6.54. The van der Waals surface area contributed by atoms with Gasteiger partial charge in [0.05, 0.1) is 24.5 Å². The molecule has 0 N–H and O–H groups in total. The van der Waals surface area contributed by atoms with Crippen molar-refractivity contribution in [3.05, 3.63) is 89.5 Å². The maximum absolute atomic E-state index is 13.8. The monoisotopic (exact) mass is 529 g/mol. The van der Waals surface area contributed by atoms with Crippen LogP contribution in [-0.2, 0) is 4.74 Å². The SMILES string of the molecule is CCOc1cccc2sc(N(CCCN3CCOCC3)C(=O)c3ccc(C(=O)c4ccccc4)cc3)nc12. The minimum atomic E-state index is -0.136. The number of ketones is 1. The van der Waals surface area contributed by atoms with Gasteiger partial charge < -0.3 is 9.47 Å². The molecule has 1 aliphatic rings. The summed E-state index contributed by atoms with van der Waals surface area (Å²) < 4.78 is 12.2. The number of aromatic nitrogens is 1. The lowest BCUT2D eigenvalue weighted by Crippen LogP contribution is -2.39. The van der Waals surface area contributed by atoms with Gasteiger partial charge in [-0.2, -0.15) is 0 Å². The lowest BCUT2D eigenvalue weighted by Gasteiger charge is -2.27. The molecule has 2 heterocycles. The fourth-order valence-corrected chi connectivity index (χ4v) is 5.54. The van der Waals surface area contributed by atoms with Gasteiger partial charge in [-0.25, -0.2) is 4.98 Å². The fraction of sp³-hybridized carbons (Fsp3) is 0.300. The first-order valence-electron chi connectivity index (χ1n) is 13.0. The summed E-state index contributed by atoms with van der Waals surface area (Å²) in [6.07, 6.45) is 0.810. The smallest absolute Gasteiger partial charge is 0.260 e. The van der Waals surface area contributed by atoms with Gasteiger partial charge in [-0.1, -0.05) is 59.9 Å². The summed E-state index contributed by atoms with van der Waals surface area (Å²) in [4.78, 5) is 35.6. The molecule has 0 unspecified atom stereocenters. The Hall–Kier alpha value is -3.59. The zero-order valence-corrected chi connectivity index (χ0v) is 22.3. The Labute approximate surface area is 226 Å². The van der Waals surface area contributed by atoms with Crippen molar-refractivity contribution >= 4 is 38.4 Å². The second-order valence-electron chi connectivity index (χ2n) is 9.07. The summed E-state index contributed by atoms with van der Waals surface area (Å²) in [6, 6.07) is 21.9. The number of carbonyl (C=O) groups is 2. The summed E-state index contributed by atoms with van der Waals surface area (Å²) >= 11 is 1.49. The molecule has 4 aromatic rings.